The van der Waals surface area contributed by atoms with Crippen molar-refractivity contribution in [3.05, 3.63) is 35.5 Å². The summed E-state index contributed by atoms with van der Waals surface area (Å²) in [7, 11) is 3.18. The Morgan fingerprint density at radius 1 is 1.20 bits per heavy atom. The maximum Gasteiger partial charge on any atom is 0.229 e. The van der Waals surface area contributed by atoms with E-state index in [0.717, 1.165) is 5.56 Å². The van der Waals surface area contributed by atoms with Crippen molar-refractivity contribution in [1.29, 1.82) is 0 Å². The standard InChI is InChI=1S/C14H19N3O3/c1-8(2)14-16-13(17-20-14)12(15)10-6-5-9(18-3)7-11(10)19-4/h5-8,12H,15H2,1-4H3. The lowest BCUT2D eigenvalue weighted by Crippen LogP contribution is -2.15. The molecule has 0 aliphatic carbocycles. The van der Waals surface area contributed by atoms with E-state index in [-0.39, 0.29) is 5.92 Å². The van der Waals surface area contributed by atoms with E-state index >= 15 is 0 Å². The van der Waals surface area contributed by atoms with Crippen LogP contribution in [0.1, 0.15) is 43.1 Å². The lowest BCUT2D eigenvalue weighted by molar-refractivity contribution is 0.358. The highest BCUT2D eigenvalue weighted by Crippen LogP contribution is 2.31. The van der Waals surface area contributed by atoms with Gasteiger partial charge in [0.05, 0.1) is 20.3 Å². The number of hydrogen-bond donors (Lipinski definition) is 1. The van der Waals surface area contributed by atoms with Crippen molar-refractivity contribution < 1.29 is 14.0 Å². The van der Waals surface area contributed by atoms with E-state index in [1.807, 2.05) is 26.0 Å². The normalized spacial score (nSPS) is 12.5. The van der Waals surface area contributed by atoms with Gasteiger partial charge in [0.2, 0.25) is 5.89 Å². The molecule has 2 aromatic rings. The van der Waals surface area contributed by atoms with Gasteiger partial charge in [-0.05, 0) is 12.1 Å². The Bertz CT molecular complexity index is 581. The average Bonchev–Trinajstić information content (AvgIpc) is 2.95. The van der Waals surface area contributed by atoms with Crippen molar-refractivity contribution in [3.63, 3.8) is 0 Å². The first-order chi connectivity index (χ1) is 9.56. The van der Waals surface area contributed by atoms with Crippen LogP contribution in [0.2, 0.25) is 0 Å². The van der Waals surface area contributed by atoms with Crippen molar-refractivity contribution in [2.75, 3.05) is 14.2 Å². The molecule has 0 amide bonds. The van der Waals surface area contributed by atoms with Gasteiger partial charge in [-0.15, -0.1) is 0 Å². The molecule has 1 unspecified atom stereocenters. The van der Waals surface area contributed by atoms with E-state index in [2.05, 4.69) is 10.1 Å². The van der Waals surface area contributed by atoms with Crippen molar-refractivity contribution >= 4 is 0 Å². The van der Waals surface area contributed by atoms with Gasteiger partial charge in [-0.3, -0.25) is 0 Å². The van der Waals surface area contributed by atoms with Gasteiger partial charge >= 0.3 is 0 Å². The summed E-state index contributed by atoms with van der Waals surface area (Å²) >= 11 is 0. The van der Waals surface area contributed by atoms with Gasteiger partial charge < -0.3 is 19.7 Å². The lowest BCUT2D eigenvalue weighted by Gasteiger charge is -2.13. The zero-order chi connectivity index (χ0) is 14.7. The van der Waals surface area contributed by atoms with E-state index in [4.69, 9.17) is 19.7 Å². The lowest BCUT2D eigenvalue weighted by atomic mass is 10.1. The molecule has 0 aliphatic heterocycles. The van der Waals surface area contributed by atoms with E-state index in [9.17, 15) is 0 Å². The third-order valence-electron chi connectivity index (χ3n) is 3.01. The second-order valence-electron chi connectivity index (χ2n) is 4.73. The predicted octanol–water partition coefficient (Wildman–Crippen LogP) is 2.26. The maximum absolute atomic E-state index is 6.19. The predicted molar refractivity (Wildman–Crippen MR) is 74.0 cm³/mol. The summed E-state index contributed by atoms with van der Waals surface area (Å²) in [5.41, 5.74) is 6.97. The molecule has 2 N–H and O–H groups in total. The molecule has 0 saturated carbocycles. The van der Waals surface area contributed by atoms with Crippen LogP contribution in [-0.2, 0) is 0 Å². The number of benzene rings is 1. The minimum atomic E-state index is -0.507. The van der Waals surface area contributed by atoms with E-state index in [0.29, 0.717) is 23.2 Å². The van der Waals surface area contributed by atoms with Gasteiger partial charge in [0, 0.05) is 17.5 Å². The molecule has 0 aliphatic rings. The van der Waals surface area contributed by atoms with Gasteiger partial charge in [0.1, 0.15) is 11.5 Å². The van der Waals surface area contributed by atoms with Crippen molar-refractivity contribution in [2.45, 2.75) is 25.8 Å². The maximum atomic E-state index is 6.19. The smallest absolute Gasteiger partial charge is 0.229 e. The summed E-state index contributed by atoms with van der Waals surface area (Å²) in [6.45, 7) is 3.97. The molecule has 0 saturated heterocycles. The molecule has 1 atom stereocenters. The summed E-state index contributed by atoms with van der Waals surface area (Å²) in [5, 5.41) is 3.93. The molecule has 1 aromatic heterocycles. The van der Waals surface area contributed by atoms with Crippen molar-refractivity contribution in [1.82, 2.24) is 10.1 Å². The number of nitrogens with two attached hydrogens (primary N) is 1. The highest BCUT2D eigenvalue weighted by Gasteiger charge is 2.21. The van der Waals surface area contributed by atoms with Gasteiger partial charge in [-0.1, -0.05) is 19.0 Å². The number of ether oxygens (including phenoxy) is 2. The van der Waals surface area contributed by atoms with E-state index in [1.54, 1.807) is 20.3 Å². The third kappa shape index (κ3) is 2.75. The summed E-state index contributed by atoms with van der Waals surface area (Å²) in [4.78, 5) is 4.31. The molecule has 108 valence electrons. The number of hydrogen-bond acceptors (Lipinski definition) is 6. The number of rotatable bonds is 5. The Kier molecular flexibility index (Phi) is 4.24. The topological polar surface area (TPSA) is 83.4 Å². The molecule has 2 rings (SSSR count). The average molecular weight is 277 g/mol. The first-order valence-electron chi connectivity index (χ1n) is 6.37. The van der Waals surface area contributed by atoms with Crippen LogP contribution in [0.15, 0.2) is 22.7 Å². The van der Waals surface area contributed by atoms with Crippen LogP contribution in [0.25, 0.3) is 0 Å². The molecule has 1 heterocycles. The molecule has 6 heteroatoms. The van der Waals surface area contributed by atoms with Gasteiger partial charge in [0.25, 0.3) is 0 Å². The fourth-order valence-electron chi connectivity index (χ4n) is 1.82. The minimum absolute atomic E-state index is 0.168. The molecule has 0 fully saturated rings. The van der Waals surface area contributed by atoms with Crippen LogP contribution < -0.4 is 15.2 Å². The fourth-order valence-corrected chi connectivity index (χ4v) is 1.82. The molecule has 0 spiro atoms. The second-order valence-corrected chi connectivity index (χ2v) is 4.73. The van der Waals surface area contributed by atoms with E-state index in [1.165, 1.54) is 0 Å². The van der Waals surface area contributed by atoms with Crippen LogP contribution in [0.5, 0.6) is 11.5 Å². The highest BCUT2D eigenvalue weighted by atomic mass is 16.5. The Hall–Kier alpha value is -2.08. The zero-order valence-electron chi connectivity index (χ0n) is 12.1. The Morgan fingerprint density at radius 2 is 1.95 bits per heavy atom. The SMILES string of the molecule is COc1ccc(C(N)c2noc(C(C)C)n2)c(OC)c1. The highest BCUT2D eigenvalue weighted by molar-refractivity contribution is 5.44. The van der Waals surface area contributed by atoms with Crippen molar-refractivity contribution in [2.24, 2.45) is 5.73 Å². The van der Waals surface area contributed by atoms with Gasteiger partial charge in [0.15, 0.2) is 5.82 Å². The first kappa shape index (κ1) is 14.3. The molecule has 0 radical (unpaired) electrons. The minimum Gasteiger partial charge on any atom is -0.497 e. The van der Waals surface area contributed by atoms with Crippen LogP contribution in [-0.4, -0.2) is 24.4 Å². The quantitative estimate of drug-likeness (QED) is 0.902. The summed E-state index contributed by atoms with van der Waals surface area (Å²) < 4.78 is 15.7. The molecular weight excluding hydrogens is 258 g/mol. The van der Waals surface area contributed by atoms with Gasteiger partial charge in [-0.2, -0.15) is 4.98 Å². The molecular formula is C14H19N3O3. The van der Waals surface area contributed by atoms with Crippen LogP contribution in [0, 0.1) is 0 Å². The monoisotopic (exact) mass is 277 g/mol. The molecule has 6 nitrogen and oxygen atoms in total. The summed E-state index contributed by atoms with van der Waals surface area (Å²) in [6.07, 6.45) is 0. The van der Waals surface area contributed by atoms with E-state index < -0.39 is 6.04 Å². The third-order valence-corrected chi connectivity index (χ3v) is 3.01. The van der Waals surface area contributed by atoms with Crippen LogP contribution >= 0.6 is 0 Å². The van der Waals surface area contributed by atoms with Crippen LogP contribution in [0.3, 0.4) is 0 Å². The number of nitrogens with zero attached hydrogens (tertiary/aromatic N) is 2. The fraction of sp³-hybridized carbons (Fsp3) is 0.429. The number of aromatic nitrogens is 2. The molecule has 1 aromatic carbocycles. The Morgan fingerprint density at radius 3 is 2.50 bits per heavy atom. The van der Waals surface area contributed by atoms with Crippen LogP contribution in [0.4, 0.5) is 0 Å². The Labute approximate surface area is 117 Å². The summed E-state index contributed by atoms with van der Waals surface area (Å²) in [5.74, 6) is 2.52. The zero-order valence-corrected chi connectivity index (χ0v) is 12.1. The second kappa shape index (κ2) is 5.92. The summed E-state index contributed by atoms with van der Waals surface area (Å²) in [6, 6.07) is 4.93. The van der Waals surface area contributed by atoms with Crippen molar-refractivity contribution in [3.8, 4) is 11.5 Å². The molecule has 20 heavy (non-hydrogen) atoms. The Balaban J connectivity index is 2.34. The first-order valence-corrected chi connectivity index (χ1v) is 6.37. The van der Waals surface area contributed by atoms with Gasteiger partial charge in [-0.25, -0.2) is 0 Å². The molecule has 0 bridgehead atoms. The largest absolute Gasteiger partial charge is 0.497 e. The number of methoxy groups -OCH3 is 2.